The Hall–Kier alpha value is -1.82. The van der Waals surface area contributed by atoms with Gasteiger partial charge in [-0.05, 0) is 18.2 Å². The van der Waals surface area contributed by atoms with Crippen LogP contribution in [-0.4, -0.2) is 37.6 Å². The lowest BCUT2D eigenvalue weighted by atomic mass is 10.4. The van der Waals surface area contributed by atoms with Crippen LogP contribution in [0.15, 0.2) is 28.5 Å². The van der Waals surface area contributed by atoms with E-state index in [1.165, 1.54) is 32.3 Å². The Balaban J connectivity index is 2.02. The van der Waals surface area contributed by atoms with Gasteiger partial charge in [0.25, 0.3) is 15.9 Å². The Bertz CT molecular complexity index is 838. The molecule has 0 spiro atoms. The normalized spacial score (nSPS) is 11.6. The molecule has 0 fully saturated rings. The van der Waals surface area contributed by atoms with Gasteiger partial charge in [-0.3, -0.25) is 14.9 Å². The minimum absolute atomic E-state index is 0.106. The summed E-state index contributed by atoms with van der Waals surface area (Å²) >= 11 is 1.85. The Kier molecular flexibility index (Phi) is 5.14. The molecule has 2 aromatic heterocycles. The van der Waals surface area contributed by atoms with Gasteiger partial charge in [0.2, 0.25) is 0 Å². The molecule has 0 aliphatic heterocycles. The molecule has 23 heavy (non-hydrogen) atoms. The zero-order valence-electron chi connectivity index (χ0n) is 12.2. The van der Waals surface area contributed by atoms with Gasteiger partial charge in [-0.25, -0.2) is 12.7 Å². The Morgan fingerprint density at radius 3 is 2.52 bits per heavy atom. The number of carbonyl (C=O) groups is 1. The van der Waals surface area contributed by atoms with E-state index in [1.54, 1.807) is 6.07 Å². The smallest absolute Gasteiger partial charge is 0.324 e. The van der Waals surface area contributed by atoms with Crippen molar-refractivity contribution >= 4 is 43.6 Å². The fraction of sp³-hybridized carbons (Fsp3) is 0.250. The van der Waals surface area contributed by atoms with Crippen molar-refractivity contribution in [3.05, 3.63) is 44.1 Å². The van der Waals surface area contributed by atoms with E-state index in [1.807, 2.05) is 0 Å². The quantitative estimate of drug-likeness (QED) is 0.612. The molecule has 0 radical (unpaired) electrons. The molecule has 0 atom stereocenters. The third kappa shape index (κ3) is 3.93. The summed E-state index contributed by atoms with van der Waals surface area (Å²) in [6.07, 6.45) is 0. The van der Waals surface area contributed by atoms with Crippen LogP contribution in [0.5, 0.6) is 0 Å². The van der Waals surface area contributed by atoms with E-state index >= 15 is 0 Å². The van der Waals surface area contributed by atoms with Crippen LogP contribution in [0.2, 0.25) is 0 Å². The highest BCUT2D eigenvalue weighted by Gasteiger charge is 2.20. The van der Waals surface area contributed by atoms with Crippen molar-refractivity contribution in [3.8, 4) is 0 Å². The lowest BCUT2D eigenvalue weighted by molar-refractivity contribution is -0.380. The van der Waals surface area contributed by atoms with E-state index in [9.17, 15) is 23.3 Å². The number of nitrogens with zero attached hydrogens (tertiary/aromatic N) is 2. The molecule has 0 saturated heterocycles. The molecule has 2 rings (SSSR count). The van der Waals surface area contributed by atoms with Gasteiger partial charge in [0, 0.05) is 25.0 Å². The number of sulfonamides is 1. The van der Waals surface area contributed by atoms with Crippen molar-refractivity contribution in [1.29, 1.82) is 0 Å². The zero-order chi connectivity index (χ0) is 17.2. The molecule has 0 unspecified atom stereocenters. The summed E-state index contributed by atoms with van der Waals surface area (Å²) in [7, 11) is -0.597. The van der Waals surface area contributed by atoms with E-state index < -0.39 is 20.9 Å². The maximum atomic E-state index is 12.0. The molecule has 8 nitrogen and oxygen atoms in total. The molecule has 0 aliphatic rings. The number of nitrogens with one attached hydrogen (secondary N) is 1. The van der Waals surface area contributed by atoms with Crippen LogP contribution >= 0.6 is 22.7 Å². The number of thiophene rings is 2. The lowest BCUT2D eigenvalue weighted by Gasteiger charge is -2.08. The lowest BCUT2D eigenvalue weighted by Crippen LogP contribution is -2.21. The standard InChI is InChI=1S/C12H13N3O5S3/c1-14(2)23(19,20)11-6-3-8(21-11)7-13-12(16)9-4-5-10(22-9)15(17)18/h3-6H,7H2,1-2H3,(H,13,16). The molecular formula is C12H13N3O5S3. The first-order chi connectivity index (χ1) is 10.7. The predicted octanol–water partition coefficient (Wildman–Crippen LogP) is 1.90. The number of rotatable bonds is 6. The minimum Gasteiger partial charge on any atom is -0.346 e. The Labute approximate surface area is 140 Å². The minimum atomic E-state index is -3.49. The van der Waals surface area contributed by atoms with Gasteiger partial charge in [-0.1, -0.05) is 11.3 Å². The first-order valence-electron chi connectivity index (χ1n) is 6.25. The highest BCUT2D eigenvalue weighted by Crippen LogP contribution is 2.25. The van der Waals surface area contributed by atoms with E-state index in [0.29, 0.717) is 4.88 Å². The van der Waals surface area contributed by atoms with Gasteiger partial charge in [-0.15, -0.1) is 11.3 Å². The van der Waals surface area contributed by atoms with E-state index in [-0.39, 0.29) is 20.6 Å². The van der Waals surface area contributed by atoms with Gasteiger partial charge in [0.15, 0.2) is 0 Å². The fourth-order valence-corrected chi connectivity index (χ4v) is 4.78. The maximum absolute atomic E-state index is 12.0. The molecule has 0 bridgehead atoms. The van der Waals surface area contributed by atoms with Gasteiger partial charge >= 0.3 is 5.00 Å². The summed E-state index contributed by atoms with van der Waals surface area (Å²) in [6, 6.07) is 5.76. The SMILES string of the molecule is CN(C)S(=O)(=O)c1ccc(CNC(=O)c2ccc([N+](=O)[O-])s2)s1. The summed E-state index contributed by atoms with van der Waals surface area (Å²) in [4.78, 5) is 22.9. The van der Waals surface area contributed by atoms with Crippen LogP contribution in [0.25, 0.3) is 0 Å². The van der Waals surface area contributed by atoms with Crippen LogP contribution in [-0.2, 0) is 16.6 Å². The highest BCUT2D eigenvalue weighted by molar-refractivity contribution is 7.91. The molecular weight excluding hydrogens is 362 g/mol. The molecule has 11 heteroatoms. The van der Waals surface area contributed by atoms with Crippen molar-refractivity contribution in [2.24, 2.45) is 0 Å². The molecule has 1 amide bonds. The van der Waals surface area contributed by atoms with Gasteiger partial charge in [0.05, 0.1) is 16.3 Å². The van der Waals surface area contributed by atoms with Crippen LogP contribution in [0.4, 0.5) is 5.00 Å². The van der Waals surface area contributed by atoms with Crippen molar-refractivity contribution in [1.82, 2.24) is 9.62 Å². The number of amides is 1. The Morgan fingerprint density at radius 2 is 1.96 bits per heavy atom. The van der Waals surface area contributed by atoms with Crippen molar-refractivity contribution < 1.29 is 18.1 Å². The molecule has 2 aromatic rings. The third-order valence-corrected chi connectivity index (χ3v) is 7.19. The fourth-order valence-electron chi connectivity index (χ4n) is 1.57. The second kappa shape index (κ2) is 6.74. The Morgan fingerprint density at radius 1 is 1.26 bits per heavy atom. The van der Waals surface area contributed by atoms with Crippen molar-refractivity contribution in [3.63, 3.8) is 0 Å². The van der Waals surface area contributed by atoms with Crippen molar-refractivity contribution in [2.75, 3.05) is 14.1 Å². The zero-order valence-corrected chi connectivity index (χ0v) is 14.6. The molecule has 0 aliphatic carbocycles. The topological polar surface area (TPSA) is 110 Å². The number of carbonyl (C=O) groups excluding carboxylic acids is 1. The summed E-state index contributed by atoms with van der Waals surface area (Å²) in [5.74, 6) is -0.437. The molecule has 0 aromatic carbocycles. The number of hydrogen-bond donors (Lipinski definition) is 1. The highest BCUT2D eigenvalue weighted by atomic mass is 32.2. The van der Waals surface area contributed by atoms with E-state index in [4.69, 9.17) is 0 Å². The predicted molar refractivity (Wildman–Crippen MR) is 87.3 cm³/mol. The van der Waals surface area contributed by atoms with Gasteiger partial charge in [0.1, 0.15) is 4.21 Å². The van der Waals surface area contributed by atoms with E-state index in [0.717, 1.165) is 27.0 Å². The largest absolute Gasteiger partial charge is 0.346 e. The first-order valence-corrected chi connectivity index (χ1v) is 9.33. The molecule has 0 saturated carbocycles. The average molecular weight is 375 g/mol. The second-order valence-corrected chi connectivity index (χ2v) is 9.20. The number of hydrogen-bond acceptors (Lipinski definition) is 7. The van der Waals surface area contributed by atoms with Crippen LogP contribution in [0.1, 0.15) is 14.5 Å². The molecule has 124 valence electrons. The maximum Gasteiger partial charge on any atom is 0.324 e. The third-order valence-electron chi connectivity index (χ3n) is 2.79. The summed E-state index contributed by atoms with van der Waals surface area (Å²) in [5.41, 5.74) is 0. The van der Waals surface area contributed by atoms with Crippen LogP contribution in [0, 0.1) is 10.1 Å². The number of nitro groups is 1. The summed E-state index contributed by atoms with van der Waals surface area (Å²) in [6.45, 7) is 0.151. The van der Waals surface area contributed by atoms with Gasteiger partial charge in [-0.2, -0.15) is 0 Å². The summed E-state index contributed by atoms with van der Waals surface area (Å²) in [5, 5.41) is 13.1. The monoisotopic (exact) mass is 375 g/mol. The van der Waals surface area contributed by atoms with Crippen LogP contribution in [0.3, 0.4) is 0 Å². The van der Waals surface area contributed by atoms with Gasteiger partial charge < -0.3 is 5.32 Å². The summed E-state index contributed by atoms with van der Waals surface area (Å²) < 4.78 is 25.2. The average Bonchev–Trinajstić information content (AvgIpc) is 3.14. The first kappa shape index (κ1) is 17.5. The second-order valence-electron chi connectivity index (χ2n) is 4.59. The van der Waals surface area contributed by atoms with Crippen LogP contribution < -0.4 is 5.32 Å². The molecule has 2 heterocycles. The molecule has 1 N–H and O–H groups in total. The van der Waals surface area contributed by atoms with E-state index in [2.05, 4.69) is 5.32 Å². The van der Waals surface area contributed by atoms with Crippen molar-refractivity contribution in [2.45, 2.75) is 10.8 Å².